The van der Waals surface area contributed by atoms with E-state index in [1.807, 2.05) is 6.07 Å². The second kappa shape index (κ2) is 8.70. The molecule has 1 heterocycles. The molecule has 0 bridgehead atoms. The molecule has 9 nitrogen and oxygen atoms in total. The van der Waals surface area contributed by atoms with Crippen LogP contribution in [0.25, 0.3) is 0 Å². The number of benzene rings is 2. The first kappa shape index (κ1) is 19.6. The highest BCUT2D eigenvalue weighted by atomic mass is 16.5. The molecule has 3 rings (SSSR count). The third kappa shape index (κ3) is 4.59. The number of hydrogen-bond acceptors (Lipinski definition) is 6. The number of ether oxygens (including phenoxy) is 2. The summed E-state index contributed by atoms with van der Waals surface area (Å²) in [5.74, 6) is -0.255. The Morgan fingerprint density at radius 3 is 1.97 bits per heavy atom. The highest BCUT2D eigenvalue weighted by molar-refractivity contribution is 6.06. The van der Waals surface area contributed by atoms with Crippen LogP contribution in [0.5, 0.6) is 11.5 Å². The SMILES string of the molecule is COc1cc(NC(=O)c2ccc(=O)[nH]n2)c(OC)cc1NC(=O)c1ccccc1. The Morgan fingerprint density at radius 1 is 0.862 bits per heavy atom. The summed E-state index contributed by atoms with van der Waals surface area (Å²) in [5.41, 5.74) is 0.764. The molecular formula is C20H18N4O5. The van der Waals surface area contributed by atoms with Gasteiger partial charge in [0.25, 0.3) is 17.4 Å². The van der Waals surface area contributed by atoms with E-state index in [0.717, 1.165) is 0 Å². The molecule has 0 saturated heterocycles. The second-order valence-electron chi connectivity index (χ2n) is 5.83. The van der Waals surface area contributed by atoms with Crippen molar-refractivity contribution in [1.82, 2.24) is 10.2 Å². The van der Waals surface area contributed by atoms with Crippen LogP contribution in [0.3, 0.4) is 0 Å². The van der Waals surface area contributed by atoms with Crippen molar-refractivity contribution in [3.8, 4) is 11.5 Å². The van der Waals surface area contributed by atoms with Gasteiger partial charge >= 0.3 is 0 Å². The summed E-state index contributed by atoms with van der Waals surface area (Å²) in [5, 5.41) is 11.3. The molecule has 0 aliphatic heterocycles. The number of hydrogen-bond donors (Lipinski definition) is 3. The number of aromatic nitrogens is 2. The minimum absolute atomic E-state index is 0.0204. The van der Waals surface area contributed by atoms with Crippen molar-refractivity contribution >= 4 is 23.2 Å². The number of H-pyrrole nitrogens is 1. The monoisotopic (exact) mass is 394 g/mol. The molecule has 0 aliphatic rings. The maximum Gasteiger partial charge on any atom is 0.276 e. The van der Waals surface area contributed by atoms with Crippen LogP contribution in [0, 0.1) is 0 Å². The molecule has 9 heteroatoms. The lowest BCUT2D eigenvalue weighted by molar-refractivity contribution is 0.101. The lowest BCUT2D eigenvalue weighted by Gasteiger charge is -2.16. The fourth-order valence-corrected chi connectivity index (χ4v) is 2.53. The molecule has 1 aromatic heterocycles. The highest BCUT2D eigenvalue weighted by Gasteiger charge is 2.17. The molecule has 2 aromatic carbocycles. The number of carbonyl (C=O) groups is 2. The van der Waals surface area contributed by atoms with Gasteiger partial charge in [-0.15, -0.1) is 0 Å². The summed E-state index contributed by atoms with van der Waals surface area (Å²) in [4.78, 5) is 35.9. The van der Waals surface area contributed by atoms with Crippen molar-refractivity contribution in [3.05, 3.63) is 76.2 Å². The molecule has 3 N–H and O–H groups in total. The van der Waals surface area contributed by atoms with Gasteiger partial charge < -0.3 is 20.1 Å². The summed E-state index contributed by atoms with van der Waals surface area (Å²) in [6.45, 7) is 0. The smallest absolute Gasteiger partial charge is 0.276 e. The zero-order valence-corrected chi connectivity index (χ0v) is 15.7. The first-order valence-electron chi connectivity index (χ1n) is 8.51. The quantitative estimate of drug-likeness (QED) is 0.590. The van der Waals surface area contributed by atoms with Crippen molar-refractivity contribution in [2.24, 2.45) is 0 Å². The van der Waals surface area contributed by atoms with Gasteiger partial charge in [0.2, 0.25) is 0 Å². The van der Waals surface area contributed by atoms with E-state index < -0.39 is 11.5 Å². The maximum absolute atomic E-state index is 12.4. The molecule has 0 unspecified atom stereocenters. The van der Waals surface area contributed by atoms with Gasteiger partial charge in [-0.25, -0.2) is 5.10 Å². The Kier molecular flexibility index (Phi) is 5.88. The number of rotatable bonds is 6. The molecule has 0 aliphatic carbocycles. The van der Waals surface area contributed by atoms with Crippen molar-refractivity contribution in [2.45, 2.75) is 0 Å². The highest BCUT2D eigenvalue weighted by Crippen LogP contribution is 2.36. The minimum atomic E-state index is -0.553. The van der Waals surface area contributed by atoms with E-state index in [9.17, 15) is 14.4 Å². The van der Waals surface area contributed by atoms with Crippen molar-refractivity contribution in [1.29, 1.82) is 0 Å². The molecule has 0 saturated carbocycles. The topological polar surface area (TPSA) is 122 Å². The number of anilines is 2. The van der Waals surface area contributed by atoms with Crippen molar-refractivity contribution in [3.63, 3.8) is 0 Å². The van der Waals surface area contributed by atoms with Crippen LogP contribution in [-0.2, 0) is 0 Å². The van der Waals surface area contributed by atoms with E-state index in [1.54, 1.807) is 24.3 Å². The average molecular weight is 394 g/mol. The van der Waals surface area contributed by atoms with Crippen LogP contribution in [0.15, 0.2) is 59.4 Å². The van der Waals surface area contributed by atoms with Crippen LogP contribution < -0.4 is 25.7 Å². The standard InChI is InChI=1S/C20H18N4O5/c1-28-16-11-15(22-20(27)13-8-9-18(25)24-23-13)17(29-2)10-14(16)21-19(26)12-6-4-3-5-7-12/h3-11H,1-2H3,(H,21,26)(H,22,27)(H,24,25). The zero-order valence-electron chi connectivity index (χ0n) is 15.7. The van der Waals surface area contributed by atoms with Crippen LogP contribution in [0.2, 0.25) is 0 Å². The van der Waals surface area contributed by atoms with Crippen molar-refractivity contribution in [2.75, 3.05) is 24.9 Å². The first-order chi connectivity index (χ1) is 14.0. The minimum Gasteiger partial charge on any atom is -0.494 e. The maximum atomic E-state index is 12.4. The Bertz CT molecular complexity index is 1080. The van der Waals surface area contributed by atoms with Crippen LogP contribution in [0.4, 0.5) is 11.4 Å². The van der Waals surface area contributed by atoms with Crippen LogP contribution in [-0.4, -0.2) is 36.2 Å². The third-order valence-corrected chi connectivity index (χ3v) is 3.97. The van der Waals surface area contributed by atoms with Gasteiger partial charge in [0, 0.05) is 23.8 Å². The molecule has 0 atom stereocenters. The summed E-state index contributed by atoms with van der Waals surface area (Å²) in [6, 6.07) is 14.3. The second-order valence-corrected chi connectivity index (χ2v) is 5.83. The summed E-state index contributed by atoms with van der Waals surface area (Å²) < 4.78 is 10.7. The molecular weight excluding hydrogens is 376 g/mol. The van der Waals surface area contributed by atoms with Gasteiger partial charge in [-0.05, 0) is 18.2 Å². The first-order valence-corrected chi connectivity index (χ1v) is 8.51. The molecule has 0 radical (unpaired) electrons. The van der Waals surface area contributed by atoms with Gasteiger partial charge in [-0.2, -0.15) is 5.10 Å². The number of aromatic amines is 1. The molecule has 0 fully saturated rings. The number of amides is 2. The number of nitrogens with zero attached hydrogens (tertiary/aromatic N) is 1. The Morgan fingerprint density at radius 2 is 1.45 bits per heavy atom. The van der Waals surface area contributed by atoms with E-state index in [-0.39, 0.29) is 11.6 Å². The third-order valence-electron chi connectivity index (χ3n) is 3.97. The normalized spacial score (nSPS) is 10.1. The lowest BCUT2D eigenvalue weighted by Crippen LogP contribution is -2.18. The fraction of sp³-hybridized carbons (Fsp3) is 0.100. The van der Waals surface area contributed by atoms with Crippen molar-refractivity contribution < 1.29 is 19.1 Å². The Balaban J connectivity index is 1.87. The van der Waals surface area contributed by atoms with E-state index in [0.29, 0.717) is 28.4 Å². The van der Waals surface area contributed by atoms with E-state index in [4.69, 9.17) is 9.47 Å². The lowest BCUT2D eigenvalue weighted by atomic mass is 10.2. The largest absolute Gasteiger partial charge is 0.494 e. The molecule has 2 amide bonds. The van der Waals surface area contributed by atoms with E-state index in [2.05, 4.69) is 20.8 Å². The van der Waals surface area contributed by atoms with Gasteiger partial charge in [-0.1, -0.05) is 18.2 Å². The van der Waals surface area contributed by atoms with Gasteiger partial charge in [0.15, 0.2) is 0 Å². The van der Waals surface area contributed by atoms with Gasteiger partial charge in [0.05, 0.1) is 25.6 Å². The van der Waals surface area contributed by atoms with E-state index >= 15 is 0 Å². The fourth-order valence-electron chi connectivity index (χ4n) is 2.53. The molecule has 3 aromatic rings. The Labute approximate surface area is 165 Å². The number of methoxy groups -OCH3 is 2. The van der Waals surface area contributed by atoms with Gasteiger partial charge in [-0.3, -0.25) is 14.4 Å². The Hall–Kier alpha value is -4.14. The number of nitrogens with one attached hydrogen (secondary N) is 3. The molecule has 0 spiro atoms. The number of carbonyl (C=O) groups excluding carboxylic acids is 2. The molecule has 29 heavy (non-hydrogen) atoms. The van der Waals surface area contributed by atoms with E-state index in [1.165, 1.54) is 38.5 Å². The average Bonchev–Trinajstić information content (AvgIpc) is 2.75. The van der Waals surface area contributed by atoms with Gasteiger partial charge in [0.1, 0.15) is 17.2 Å². The predicted molar refractivity (Wildman–Crippen MR) is 107 cm³/mol. The molecule has 148 valence electrons. The summed E-state index contributed by atoms with van der Waals surface area (Å²) in [6.07, 6.45) is 0. The zero-order chi connectivity index (χ0) is 20.8. The van der Waals surface area contributed by atoms with Crippen LogP contribution in [0.1, 0.15) is 20.8 Å². The predicted octanol–water partition coefficient (Wildman–Crippen LogP) is 2.29. The summed E-state index contributed by atoms with van der Waals surface area (Å²) in [7, 11) is 2.87. The van der Waals surface area contributed by atoms with Crippen LogP contribution >= 0.6 is 0 Å². The summed E-state index contributed by atoms with van der Waals surface area (Å²) >= 11 is 0.